The van der Waals surface area contributed by atoms with E-state index in [-0.39, 0.29) is 12.1 Å². The maximum atomic E-state index is 6.13. The highest BCUT2D eigenvalue weighted by Crippen LogP contribution is 2.21. The molecular formula is C14H21N5. The van der Waals surface area contributed by atoms with Crippen molar-refractivity contribution < 1.29 is 0 Å². The van der Waals surface area contributed by atoms with Crippen LogP contribution in [0.1, 0.15) is 24.5 Å². The Balaban J connectivity index is 2.18. The Kier molecular flexibility index (Phi) is 4.29. The molecular weight excluding hydrogens is 238 g/mol. The number of aryl methyl sites for hydroxylation is 1. The fourth-order valence-electron chi connectivity index (χ4n) is 2.32. The van der Waals surface area contributed by atoms with Crippen LogP contribution in [0.15, 0.2) is 36.8 Å². The van der Waals surface area contributed by atoms with Gasteiger partial charge in [-0.1, -0.05) is 6.07 Å². The lowest BCUT2D eigenvalue weighted by Crippen LogP contribution is -2.37. The predicted molar refractivity (Wildman–Crippen MR) is 75.3 cm³/mol. The summed E-state index contributed by atoms with van der Waals surface area (Å²) in [5, 5.41) is 0. The van der Waals surface area contributed by atoms with Gasteiger partial charge in [0.25, 0.3) is 0 Å². The number of pyridine rings is 1. The van der Waals surface area contributed by atoms with Crippen LogP contribution in [0.2, 0.25) is 0 Å². The molecule has 102 valence electrons. The fraction of sp³-hybridized carbons (Fsp3) is 0.429. The number of likely N-dealkylation sites (N-methyl/N-ethyl adjacent to an activating group) is 1. The molecule has 5 nitrogen and oxygen atoms in total. The van der Waals surface area contributed by atoms with Gasteiger partial charge in [-0.3, -0.25) is 9.88 Å². The highest BCUT2D eigenvalue weighted by atomic mass is 15.2. The molecule has 0 amide bonds. The summed E-state index contributed by atoms with van der Waals surface area (Å²) in [5.74, 6) is 1.02. The Morgan fingerprint density at radius 1 is 1.32 bits per heavy atom. The van der Waals surface area contributed by atoms with Crippen molar-refractivity contribution in [2.45, 2.75) is 25.6 Å². The molecule has 0 aliphatic rings. The van der Waals surface area contributed by atoms with Gasteiger partial charge >= 0.3 is 0 Å². The molecule has 2 aromatic heterocycles. The summed E-state index contributed by atoms with van der Waals surface area (Å²) in [6, 6.07) is 6.01. The summed E-state index contributed by atoms with van der Waals surface area (Å²) in [6.45, 7) is 2.75. The molecule has 0 aromatic carbocycles. The quantitative estimate of drug-likeness (QED) is 0.880. The highest BCUT2D eigenvalue weighted by Gasteiger charge is 2.23. The maximum absolute atomic E-state index is 6.13. The van der Waals surface area contributed by atoms with Crippen molar-refractivity contribution in [2.75, 3.05) is 7.05 Å². The zero-order valence-electron chi connectivity index (χ0n) is 11.7. The Hall–Kier alpha value is -1.72. The van der Waals surface area contributed by atoms with Crippen molar-refractivity contribution in [3.63, 3.8) is 0 Å². The number of nitrogens with zero attached hydrogens (tertiary/aromatic N) is 4. The minimum Gasteiger partial charge on any atom is -0.337 e. The second-order valence-electron chi connectivity index (χ2n) is 4.93. The normalized spacial score (nSPS) is 14.6. The summed E-state index contributed by atoms with van der Waals surface area (Å²) < 4.78 is 2.02. The van der Waals surface area contributed by atoms with Gasteiger partial charge in [-0.15, -0.1) is 0 Å². The Bertz CT molecular complexity index is 506. The molecule has 2 rings (SSSR count). The molecule has 0 aliphatic carbocycles. The first-order valence-corrected chi connectivity index (χ1v) is 6.42. The lowest BCUT2D eigenvalue weighted by Gasteiger charge is -2.30. The third kappa shape index (κ3) is 3.19. The first-order chi connectivity index (χ1) is 9.09. The van der Waals surface area contributed by atoms with E-state index in [2.05, 4.69) is 21.9 Å². The molecule has 2 aromatic rings. The number of rotatable bonds is 5. The zero-order chi connectivity index (χ0) is 13.8. The van der Waals surface area contributed by atoms with Gasteiger partial charge in [0.2, 0.25) is 0 Å². The third-order valence-corrected chi connectivity index (χ3v) is 3.28. The van der Waals surface area contributed by atoms with Crippen LogP contribution in [0.3, 0.4) is 0 Å². The molecule has 0 bridgehead atoms. The summed E-state index contributed by atoms with van der Waals surface area (Å²) >= 11 is 0. The van der Waals surface area contributed by atoms with Gasteiger partial charge in [0.05, 0.1) is 18.3 Å². The summed E-state index contributed by atoms with van der Waals surface area (Å²) in [4.78, 5) is 11.0. The van der Waals surface area contributed by atoms with E-state index in [1.54, 1.807) is 6.20 Å². The molecule has 5 heteroatoms. The minimum absolute atomic E-state index is 0.000156. The first kappa shape index (κ1) is 13.7. The van der Waals surface area contributed by atoms with E-state index in [1.807, 2.05) is 49.1 Å². The van der Waals surface area contributed by atoms with E-state index in [4.69, 9.17) is 5.73 Å². The Morgan fingerprint density at radius 2 is 2.11 bits per heavy atom. The molecule has 0 fully saturated rings. The highest BCUT2D eigenvalue weighted by molar-refractivity contribution is 5.11. The standard InChI is InChI=1S/C14H21N5/c1-11(15)14(12-6-4-5-7-16-12)19(3)10-13-17-8-9-18(13)2/h4-9,11,14H,10,15H2,1-3H3. The molecule has 2 atom stereocenters. The zero-order valence-corrected chi connectivity index (χ0v) is 11.7. The largest absolute Gasteiger partial charge is 0.337 e. The van der Waals surface area contributed by atoms with Crippen LogP contribution in [0.5, 0.6) is 0 Å². The molecule has 0 radical (unpaired) electrons. The van der Waals surface area contributed by atoms with E-state index in [1.165, 1.54) is 0 Å². The molecule has 0 saturated heterocycles. The van der Waals surface area contributed by atoms with Gasteiger partial charge in [-0.05, 0) is 26.1 Å². The van der Waals surface area contributed by atoms with Crippen molar-refractivity contribution >= 4 is 0 Å². The van der Waals surface area contributed by atoms with Crippen molar-refractivity contribution in [3.8, 4) is 0 Å². The van der Waals surface area contributed by atoms with Crippen molar-refractivity contribution in [1.29, 1.82) is 0 Å². The van der Waals surface area contributed by atoms with Crippen LogP contribution in [0, 0.1) is 0 Å². The van der Waals surface area contributed by atoms with E-state index in [9.17, 15) is 0 Å². The van der Waals surface area contributed by atoms with Crippen LogP contribution in [-0.4, -0.2) is 32.5 Å². The average molecular weight is 259 g/mol. The minimum atomic E-state index is 0.000156. The topological polar surface area (TPSA) is 60.0 Å². The molecule has 2 heterocycles. The molecule has 19 heavy (non-hydrogen) atoms. The van der Waals surface area contributed by atoms with Gasteiger partial charge in [0.15, 0.2) is 0 Å². The fourth-order valence-corrected chi connectivity index (χ4v) is 2.32. The van der Waals surface area contributed by atoms with Gasteiger partial charge in [-0.25, -0.2) is 4.98 Å². The van der Waals surface area contributed by atoms with Crippen molar-refractivity contribution in [3.05, 3.63) is 48.3 Å². The molecule has 2 N–H and O–H groups in total. The average Bonchev–Trinajstić information content (AvgIpc) is 2.76. The van der Waals surface area contributed by atoms with E-state index < -0.39 is 0 Å². The SMILES string of the molecule is CC(N)C(c1ccccn1)N(C)Cc1nccn1C. The van der Waals surface area contributed by atoms with Crippen LogP contribution in [-0.2, 0) is 13.6 Å². The molecule has 0 aliphatic heterocycles. The van der Waals surface area contributed by atoms with Gasteiger partial charge in [0.1, 0.15) is 5.82 Å². The summed E-state index contributed by atoms with van der Waals surface area (Å²) in [7, 11) is 4.05. The smallest absolute Gasteiger partial charge is 0.122 e. The van der Waals surface area contributed by atoms with Gasteiger partial charge in [-0.2, -0.15) is 0 Å². The Morgan fingerprint density at radius 3 is 2.63 bits per heavy atom. The van der Waals surface area contributed by atoms with Crippen LogP contribution < -0.4 is 5.73 Å². The number of hydrogen-bond donors (Lipinski definition) is 1. The van der Waals surface area contributed by atoms with E-state index in [0.717, 1.165) is 18.1 Å². The number of imidazole rings is 1. The summed E-state index contributed by atoms with van der Waals surface area (Å²) in [6.07, 6.45) is 5.56. The van der Waals surface area contributed by atoms with Gasteiger partial charge < -0.3 is 10.3 Å². The predicted octanol–water partition coefficient (Wildman–Crippen LogP) is 1.34. The van der Waals surface area contributed by atoms with Crippen LogP contribution >= 0.6 is 0 Å². The number of nitrogens with two attached hydrogens (primary N) is 1. The van der Waals surface area contributed by atoms with E-state index in [0.29, 0.717) is 0 Å². The van der Waals surface area contributed by atoms with Crippen molar-refractivity contribution in [1.82, 2.24) is 19.4 Å². The van der Waals surface area contributed by atoms with Crippen molar-refractivity contribution in [2.24, 2.45) is 12.8 Å². The molecule has 2 unspecified atom stereocenters. The van der Waals surface area contributed by atoms with Gasteiger partial charge in [0, 0.05) is 31.7 Å². The van der Waals surface area contributed by atoms with Crippen LogP contribution in [0.25, 0.3) is 0 Å². The monoisotopic (exact) mass is 259 g/mol. The second-order valence-corrected chi connectivity index (χ2v) is 4.93. The summed E-state index contributed by atoms with van der Waals surface area (Å²) in [5.41, 5.74) is 7.12. The third-order valence-electron chi connectivity index (χ3n) is 3.28. The molecule has 0 saturated carbocycles. The lowest BCUT2D eigenvalue weighted by atomic mass is 10.0. The Labute approximate surface area is 114 Å². The lowest BCUT2D eigenvalue weighted by molar-refractivity contribution is 0.200. The first-order valence-electron chi connectivity index (χ1n) is 6.42. The maximum Gasteiger partial charge on any atom is 0.122 e. The van der Waals surface area contributed by atoms with E-state index >= 15 is 0 Å². The number of aromatic nitrogens is 3. The second kappa shape index (κ2) is 5.95. The number of hydrogen-bond acceptors (Lipinski definition) is 4. The van der Waals surface area contributed by atoms with Crippen LogP contribution in [0.4, 0.5) is 0 Å². The molecule has 0 spiro atoms.